The van der Waals surface area contributed by atoms with Crippen LogP contribution in [0.1, 0.15) is 5.56 Å². The van der Waals surface area contributed by atoms with Crippen LogP contribution in [-0.2, 0) is 9.59 Å². The second kappa shape index (κ2) is 6.74. The Morgan fingerprint density at radius 2 is 2.11 bits per heavy atom. The molecule has 7 nitrogen and oxygen atoms in total. The molecule has 0 saturated carbocycles. The van der Waals surface area contributed by atoms with Gasteiger partial charge in [-0.3, -0.25) is 19.7 Å². The quantitative estimate of drug-likeness (QED) is 0.607. The lowest BCUT2D eigenvalue weighted by Crippen LogP contribution is -2.16. The maximum absolute atomic E-state index is 11.5. The van der Waals surface area contributed by atoms with Crippen LogP contribution in [0.25, 0.3) is 0 Å². The van der Waals surface area contributed by atoms with Crippen molar-refractivity contribution in [2.45, 2.75) is 6.92 Å². The first-order valence-electron chi connectivity index (χ1n) is 5.24. The van der Waals surface area contributed by atoms with Gasteiger partial charge in [-0.05, 0) is 18.6 Å². The molecule has 0 heterocycles. The van der Waals surface area contributed by atoms with E-state index >= 15 is 0 Å². The number of benzene rings is 1. The molecule has 0 aliphatic rings. The highest BCUT2D eigenvalue weighted by molar-refractivity contribution is 8.00. The number of hydrogen-bond acceptors (Lipinski definition) is 5. The Kier molecular flexibility index (Phi) is 5.31. The summed E-state index contributed by atoms with van der Waals surface area (Å²) in [5.74, 6) is -1.46. The normalized spacial score (nSPS) is 9.95. The van der Waals surface area contributed by atoms with E-state index in [2.05, 4.69) is 5.32 Å². The zero-order valence-corrected chi connectivity index (χ0v) is 10.9. The molecule has 102 valence electrons. The number of nitro groups is 1. The monoisotopic (exact) mass is 284 g/mol. The van der Waals surface area contributed by atoms with Gasteiger partial charge in [0.2, 0.25) is 5.91 Å². The zero-order chi connectivity index (χ0) is 14.4. The zero-order valence-electron chi connectivity index (χ0n) is 10.1. The van der Waals surface area contributed by atoms with Crippen molar-refractivity contribution in [2.75, 3.05) is 16.8 Å². The molecule has 1 aromatic rings. The highest BCUT2D eigenvalue weighted by Gasteiger charge is 2.10. The first kappa shape index (κ1) is 15.0. The van der Waals surface area contributed by atoms with Crippen molar-refractivity contribution in [3.8, 4) is 0 Å². The third kappa shape index (κ3) is 4.96. The number of thioether (sulfide) groups is 1. The first-order chi connectivity index (χ1) is 8.90. The second-order valence-electron chi connectivity index (χ2n) is 3.69. The fourth-order valence-electron chi connectivity index (χ4n) is 1.32. The molecule has 19 heavy (non-hydrogen) atoms. The van der Waals surface area contributed by atoms with Gasteiger partial charge >= 0.3 is 5.97 Å². The van der Waals surface area contributed by atoms with Crippen LogP contribution in [-0.4, -0.2) is 33.4 Å². The smallest absolute Gasteiger partial charge is 0.313 e. The number of carboxylic acid groups (broad SMARTS) is 1. The van der Waals surface area contributed by atoms with Gasteiger partial charge in [0.05, 0.1) is 16.4 Å². The Bertz CT molecular complexity index is 518. The predicted molar refractivity (Wildman–Crippen MR) is 71.4 cm³/mol. The number of aryl methyl sites for hydroxylation is 1. The summed E-state index contributed by atoms with van der Waals surface area (Å²) < 4.78 is 0. The third-order valence-corrected chi connectivity index (χ3v) is 3.07. The Labute approximate surface area is 113 Å². The summed E-state index contributed by atoms with van der Waals surface area (Å²) >= 11 is 0.983. The molecule has 0 spiro atoms. The van der Waals surface area contributed by atoms with Crippen LogP contribution in [0.3, 0.4) is 0 Å². The van der Waals surface area contributed by atoms with Crippen molar-refractivity contribution in [1.82, 2.24) is 0 Å². The average molecular weight is 284 g/mol. The van der Waals surface area contributed by atoms with Crippen molar-refractivity contribution >= 4 is 35.0 Å². The number of carbonyl (C=O) groups excluding carboxylic acids is 1. The molecule has 0 bridgehead atoms. The Morgan fingerprint density at radius 3 is 2.63 bits per heavy atom. The topological polar surface area (TPSA) is 110 Å². The molecule has 1 amide bonds. The van der Waals surface area contributed by atoms with E-state index in [-0.39, 0.29) is 23.1 Å². The maximum Gasteiger partial charge on any atom is 0.313 e. The lowest BCUT2D eigenvalue weighted by atomic mass is 10.2. The molecule has 0 atom stereocenters. The summed E-state index contributed by atoms with van der Waals surface area (Å²) in [6.07, 6.45) is 0. The van der Waals surface area contributed by atoms with Crippen LogP contribution in [0.2, 0.25) is 0 Å². The first-order valence-corrected chi connectivity index (χ1v) is 6.40. The molecule has 1 aromatic carbocycles. The number of nitrogens with one attached hydrogen (secondary N) is 1. The van der Waals surface area contributed by atoms with Gasteiger partial charge in [-0.25, -0.2) is 0 Å². The Balaban J connectivity index is 2.59. The van der Waals surface area contributed by atoms with Crippen molar-refractivity contribution < 1.29 is 19.6 Å². The third-order valence-electron chi connectivity index (χ3n) is 2.15. The predicted octanol–water partition coefficient (Wildman–Crippen LogP) is 1.66. The Hall–Kier alpha value is -2.09. The fraction of sp³-hybridized carbons (Fsp3) is 0.273. The van der Waals surface area contributed by atoms with Gasteiger partial charge in [-0.1, -0.05) is 0 Å². The van der Waals surface area contributed by atoms with E-state index in [1.165, 1.54) is 18.2 Å². The number of non-ortho nitro benzene ring substituents is 1. The molecule has 0 unspecified atom stereocenters. The highest BCUT2D eigenvalue weighted by atomic mass is 32.2. The summed E-state index contributed by atoms with van der Waals surface area (Å²) in [5.41, 5.74) is 1.01. The minimum absolute atomic E-state index is 0.0166. The van der Waals surface area contributed by atoms with Crippen LogP contribution in [0.5, 0.6) is 0 Å². The van der Waals surface area contributed by atoms with E-state index in [1.54, 1.807) is 6.92 Å². The number of carbonyl (C=O) groups is 2. The van der Waals surface area contributed by atoms with E-state index in [0.717, 1.165) is 11.8 Å². The number of anilines is 1. The van der Waals surface area contributed by atoms with Crippen molar-refractivity contribution in [3.05, 3.63) is 33.9 Å². The van der Waals surface area contributed by atoms with Crippen LogP contribution >= 0.6 is 11.8 Å². The molecule has 0 radical (unpaired) electrons. The lowest BCUT2D eigenvalue weighted by Gasteiger charge is -2.07. The van der Waals surface area contributed by atoms with Gasteiger partial charge in [0.15, 0.2) is 0 Å². The average Bonchev–Trinajstić information content (AvgIpc) is 2.31. The van der Waals surface area contributed by atoms with Crippen LogP contribution in [0.15, 0.2) is 18.2 Å². The standard InChI is InChI=1S/C11H12N2O5S/c1-7-4-8(13(17)18)2-3-9(7)12-10(14)5-19-6-11(15)16/h2-4H,5-6H2,1H3,(H,12,14)(H,15,16). The minimum atomic E-state index is -0.982. The molecule has 2 N–H and O–H groups in total. The van der Waals surface area contributed by atoms with E-state index < -0.39 is 10.9 Å². The number of rotatable bonds is 6. The van der Waals surface area contributed by atoms with E-state index in [9.17, 15) is 19.7 Å². The molecule has 0 saturated heterocycles. The lowest BCUT2D eigenvalue weighted by molar-refractivity contribution is -0.384. The minimum Gasteiger partial charge on any atom is -0.481 e. The number of carboxylic acids is 1. The molecule has 0 aromatic heterocycles. The molecule has 1 rings (SSSR count). The van der Waals surface area contributed by atoms with E-state index in [0.29, 0.717) is 11.3 Å². The fourth-order valence-corrected chi connectivity index (χ4v) is 1.85. The molecule has 0 fully saturated rings. The molecule has 0 aliphatic heterocycles. The molecule has 8 heteroatoms. The number of aliphatic carboxylic acids is 1. The highest BCUT2D eigenvalue weighted by Crippen LogP contribution is 2.21. The summed E-state index contributed by atoms with van der Waals surface area (Å²) in [4.78, 5) is 31.8. The van der Waals surface area contributed by atoms with E-state index in [4.69, 9.17) is 5.11 Å². The SMILES string of the molecule is Cc1cc([N+](=O)[O-])ccc1NC(=O)CSCC(=O)O. The van der Waals surface area contributed by atoms with Gasteiger partial charge in [0.1, 0.15) is 0 Å². The van der Waals surface area contributed by atoms with Gasteiger partial charge in [-0.15, -0.1) is 11.8 Å². The maximum atomic E-state index is 11.5. The van der Waals surface area contributed by atoms with Crippen LogP contribution in [0.4, 0.5) is 11.4 Å². The molecule has 0 aliphatic carbocycles. The van der Waals surface area contributed by atoms with Gasteiger partial charge in [0.25, 0.3) is 5.69 Å². The second-order valence-corrected chi connectivity index (χ2v) is 4.68. The van der Waals surface area contributed by atoms with Crippen molar-refractivity contribution in [2.24, 2.45) is 0 Å². The summed E-state index contributed by atoms with van der Waals surface area (Å²) in [5, 5.41) is 21.6. The molecular weight excluding hydrogens is 272 g/mol. The largest absolute Gasteiger partial charge is 0.481 e. The summed E-state index contributed by atoms with van der Waals surface area (Å²) in [7, 11) is 0. The van der Waals surface area contributed by atoms with Crippen LogP contribution in [0, 0.1) is 17.0 Å². The van der Waals surface area contributed by atoms with Gasteiger partial charge in [0, 0.05) is 17.8 Å². The summed E-state index contributed by atoms with van der Waals surface area (Å²) in [6.45, 7) is 1.65. The summed E-state index contributed by atoms with van der Waals surface area (Å²) in [6, 6.07) is 4.11. The van der Waals surface area contributed by atoms with Crippen molar-refractivity contribution in [1.29, 1.82) is 0 Å². The number of hydrogen-bond donors (Lipinski definition) is 2. The number of nitrogens with zero attached hydrogens (tertiary/aromatic N) is 1. The van der Waals surface area contributed by atoms with Crippen LogP contribution < -0.4 is 5.32 Å². The van der Waals surface area contributed by atoms with E-state index in [1.807, 2.05) is 0 Å². The van der Waals surface area contributed by atoms with Crippen molar-refractivity contribution in [3.63, 3.8) is 0 Å². The molecular formula is C11H12N2O5S. The number of amides is 1. The number of nitro benzene ring substituents is 1. The Morgan fingerprint density at radius 1 is 1.42 bits per heavy atom. The van der Waals surface area contributed by atoms with Gasteiger partial charge < -0.3 is 10.4 Å². The van der Waals surface area contributed by atoms with Gasteiger partial charge in [-0.2, -0.15) is 0 Å².